The first-order valence-corrected chi connectivity index (χ1v) is 12.6. The fourth-order valence-electron chi connectivity index (χ4n) is 4.90. The molecule has 0 unspecified atom stereocenters. The van der Waals surface area contributed by atoms with Crippen LogP contribution in [-0.4, -0.2) is 19.5 Å². The molecule has 0 fully saturated rings. The standard InChI is InChI=1S/C34H20FN5/c35-29-17-15-22(21-36)19-28(29)34-38-32(23-9-3-1-4-10-23)37-33(39-34)24-16-18-31-27(20-24)26-13-7-8-14-30(26)40(31)25-11-5-2-6-12-25/h1-20H/i15D,17D,19D. The Labute approximate surface area is 233 Å². The highest BCUT2D eigenvalue weighted by Crippen LogP contribution is 2.35. The predicted octanol–water partition coefficient (Wildman–Crippen LogP) is 7.98. The van der Waals surface area contributed by atoms with Crippen molar-refractivity contribution in [1.29, 1.82) is 5.26 Å². The van der Waals surface area contributed by atoms with E-state index in [4.69, 9.17) is 9.10 Å². The lowest BCUT2D eigenvalue weighted by Crippen LogP contribution is -2.01. The van der Waals surface area contributed by atoms with E-state index in [2.05, 4.69) is 38.8 Å². The molecule has 0 atom stereocenters. The first-order chi connectivity index (χ1) is 21.0. The molecule has 0 radical (unpaired) electrons. The Morgan fingerprint density at radius 1 is 0.675 bits per heavy atom. The lowest BCUT2D eigenvalue weighted by Gasteiger charge is -2.10. The van der Waals surface area contributed by atoms with E-state index in [-0.39, 0.29) is 17.5 Å². The number of fused-ring (bicyclic) bond motifs is 3. The monoisotopic (exact) mass is 520 g/mol. The molecule has 2 heterocycles. The summed E-state index contributed by atoms with van der Waals surface area (Å²) in [6, 6.07) is 32.9. The van der Waals surface area contributed by atoms with E-state index in [1.165, 1.54) is 0 Å². The van der Waals surface area contributed by atoms with Crippen LogP contribution in [0.3, 0.4) is 0 Å². The fraction of sp³-hybridized carbons (Fsp3) is 0. The number of halogens is 1. The van der Waals surface area contributed by atoms with Crippen LogP contribution >= 0.6 is 0 Å². The van der Waals surface area contributed by atoms with E-state index in [9.17, 15) is 5.26 Å². The lowest BCUT2D eigenvalue weighted by atomic mass is 10.1. The molecule has 0 bridgehead atoms. The van der Waals surface area contributed by atoms with Gasteiger partial charge in [0.15, 0.2) is 17.5 Å². The molecule has 40 heavy (non-hydrogen) atoms. The minimum absolute atomic E-state index is 0.192. The Hall–Kier alpha value is -5.67. The van der Waals surface area contributed by atoms with Crippen LogP contribution in [0, 0.1) is 17.1 Å². The van der Waals surface area contributed by atoms with Gasteiger partial charge in [0.2, 0.25) is 0 Å². The van der Waals surface area contributed by atoms with Crippen molar-refractivity contribution >= 4 is 21.8 Å². The van der Waals surface area contributed by atoms with Crippen LogP contribution in [0.25, 0.3) is 61.7 Å². The van der Waals surface area contributed by atoms with Gasteiger partial charge in [-0.2, -0.15) is 5.26 Å². The molecule has 0 saturated heterocycles. The van der Waals surface area contributed by atoms with Crippen molar-refractivity contribution in [3.8, 4) is 45.9 Å². The summed E-state index contributed by atoms with van der Waals surface area (Å²) in [6.07, 6.45) is 0. The van der Waals surface area contributed by atoms with Crippen LogP contribution < -0.4 is 0 Å². The zero-order valence-corrected chi connectivity index (χ0v) is 20.9. The van der Waals surface area contributed by atoms with Crippen molar-refractivity contribution in [3.05, 3.63) is 133 Å². The van der Waals surface area contributed by atoms with Gasteiger partial charge in [-0.15, -0.1) is 0 Å². The van der Waals surface area contributed by atoms with Gasteiger partial charge in [-0.25, -0.2) is 19.3 Å². The Kier molecular flexibility index (Phi) is 4.86. The van der Waals surface area contributed by atoms with Gasteiger partial charge >= 0.3 is 0 Å². The van der Waals surface area contributed by atoms with Crippen LogP contribution in [0.2, 0.25) is 0 Å². The molecular formula is C34H20FN5. The number of nitrogens with zero attached hydrogens (tertiary/aromatic N) is 5. The van der Waals surface area contributed by atoms with Gasteiger partial charge in [0.25, 0.3) is 0 Å². The molecule has 0 N–H and O–H groups in total. The molecule has 7 aromatic rings. The average molecular weight is 521 g/mol. The molecule has 0 amide bonds. The third kappa shape index (κ3) is 3.98. The summed E-state index contributed by atoms with van der Waals surface area (Å²) in [5, 5.41) is 11.6. The number of para-hydroxylation sites is 2. The highest BCUT2D eigenvalue weighted by molar-refractivity contribution is 6.10. The second-order valence-corrected chi connectivity index (χ2v) is 9.14. The van der Waals surface area contributed by atoms with E-state index < -0.39 is 35.1 Å². The summed E-state index contributed by atoms with van der Waals surface area (Å²) in [4.78, 5) is 13.8. The predicted molar refractivity (Wildman–Crippen MR) is 155 cm³/mol. The topological polar surface area (TPSA) is 67.4 Å². The van der Waals surface area contributed by atoms with E-state index in [0.29, 0.717) is 11.1 Å². The van der Waals surface area contributed by atoms with Crippen molar-refractivity contribution in [2.24, 2.45) is 0 Å². The van der Waals surface area contributed by atoms with Crippen molar-refractivity contribution in [3.63, 3.8) is 0 Å². The lowest BCUT2D eigenvalue weighted by molar-refractivity contribution is 0.629. The largest absolute Gasteiger partial charge is 0.309 e. The number of aromatic nitrogens is 4. The molecule has 5 aromatic carbocycles. The Morgan fingerprint density at radius 2 is 1.32 bits per heavy atom. The Balaban J connectivity index is 1.50. The number of hydrogen-bond acceptors (Lipinski definition) is 4. The van der Waals surface area contributed by atoms with E-state index in [0.717, 1.165) is 27.5 Å². The van der Waals surface area contributed by atoms with Crippen LogP contribution in [0.15, 0.2) is 121 Å². The molecule has 0 aliphatic carbocycles. The highest BCUT2D eigenvalue weighted by Gasteiger charge is 2.18. The fourth-order valence-corrected chi connectivity index (χ4v) is 4.90. The second kappa shape index (κ2) is 9.57. The third-order valence-electron chi connectivity index (χ3n) is 6.71. The van der Waals surface area contributed by atoms with Crippen LogP contribution in [0.4, 0.5) is 4.39 Å². The molecule has 5 nitrogen and oxygen atoms in total. The molecule has 188 valence electrons. The van der Waals surface area contributed by atoms with Gasteiger partial charge in [0.05, 0.1) is 32.3 Å². The molecule has 2 aromatic heterocycles. The highest BCUT2D eigenvalue weighted by atomic mass is 19.1. The Bertz CT molecular complexity index is 2240. The first kappa shape index (κ1) is 20.3. The summed E-state index contributed by atoms with van der Waals surface area (Å²) in [7, 11) is 0. The minimum Gasteiger partial charge on any atom is -0.309 e. The number of rotatable bonds is 4. The SMILES string of the molecule is [2H]c1c([2H])c(C#N)c([2H])c(-c2nc(-c3ccccc3)nc(-c3ccc4c(c3)c3ccccc3n4-c3ccccc3)n2)c1F. The van der Waals surface area contributed by atoms with E-state index >= 15 is 4.39 Å². The summed E-state index contributed by atoms with van der Waals surface area (Å²) in [6.45, 7) is 0. The second-order valence-electron chi connectivity index (χ2n) is 9.14. The van der Waals surface area contributed by atoms with Crippen LogP contribution in [0.1, 0.15) is 9.68 Å². The van der Waals surface area contributed by atoms with E-state index in [1.54, 1.807) is 18.2 Å². The molecular weight excluding hydrogens is 497 g/mol. The number of nitriles is 1. The maximum Gasteiger partial charge on any atom is 0.167 e. The molecule has 6 heteroatoms. The van der Waals surface area contributed by atoms with Crippen molar-refractivity contribution in [2.75, 3.05) is 0 Å². The van der Waals surface area contributed by atoms with Gasteiger partial charge in [-0.1, -0.05) is 66.7 Å². The third-order valence-corrected chi connectivity index (χ3v) is 6.71. The zero-order valence-electron chi connectivity index (χ0n) is 23.9. The Morgan fingerprint density at radius 3 is 2.10 bits per heavy atom. The van der Waals surface area contributed by atoms with Gasteiger partial charge < -0.3 is 4.57 Å². The molecule has 7 rings (SSSR count). The minimum atomic E-state index is -1.13. The normalized spacial score (nSPS) is 12.2. The molecule has 0 aliphatic rings. The average Bonchev–Trinajstić information content (AvgIpc) is 3.38. The maximum absolute atomic E-state index is 15.5. The zero-order chi connectivity index (χ0) is 29.7. The summed E-state index contributed by atoms with van der Waals surface area (Å²) in [5.41, 5.74) is 3.48. The van der Waals surface area contributed by atoms with Gasteiger partial charge in [-0.3, -0.25) is 0 Å². The van der Waals surface area contributed by atoms with Crippen molar-refractivity contribution in [2.45, 2.75) is 0 Å². The van der Waals surface area contributed by atoms with Gasteiger partial charge in [0.1, 0.15) is 5.82 Å². The van der Waals surface area contributed by atoms with Crippen molar-refractivity contribution < 1.29 is 8.50 Å². The first-order valence-electron chi connectivity index (χ1n) is 14.1. The summed E-state index contributed by atoms with van der Waals surface area (Å²) >= 11 is 0. The number of benzene rings is 5. The van der Waals surface area contributed by atoms with Crippen LogP contribution in [0.5, 0.6) is 0 Å². The quantitative estimate of drug-likeness (QED) is 0.236. The number of hydrogen-bond donors (Lipinski definition) is 0. The summed E-state index contributed by atoms with van der Waals surface area (Å²) < 4.78 is 42.3. The maximum atomic E-state index is 15.5. The smallest absolute Gasteiger partial charge is 0.167 e. The molecule has 0 saturated carbocycles. The van der Waals surface area contributed by atoms with Gasteiger partial charge in [-0.05, 0) is 54.5 Å². The molecule has 0 aliphatic heterocycles. The summed E-state index contributed by atoms with van der Waals surface area (Å²) in [5.74, 6) is -0.845. The van der Waals surface area contributed by atoms with Crippen LogP contribution in [-0.2, 0) is 0 Å². The van der Waals surface area contributed by atoms with Gasteiger partial charge in [0, 0.05) is 27.6 Å². The molecule has 0 spiro atoms. The van der Waals surface area contributed by atoms with Crippen molar-refractivity contribution in [1.82, 2.24) is 19.5 Å². The van der Waals surface area contributed by atoms with E-state index in [1.807, 2.05) is 66.7 Å².